The number of hydrogen-bond donors (Lipinski definition) is 4. The lowest BCUT2D eigenvalue weighted by molar-refractivity contribution is -0.270. The number of benzene rings is 1. The molecule has 2 aromatic heterocycles. The van der Waals surface area contributed by atoms with Gasteiger partial charge in [0.1, 0.15) is 60.2 Å². The summed E-state index contributed by atoms with van der Waals surface area (Å²) in [5, 5.41) is 60.9. The van der Waals surface area contributed by atoms with Gasteiger partial charge >= 0.3 is 5.97 Å². The summed E-state index contributed by atoms with van der Waals surface area (Å²) < 4.78 is 56.3. The number of aliphatic hydroxyl groups is 4. The summed E-state index contributed by atoms with van der Waals surface area (Å²) in [6.45, 7) is 20.7. The third-order valence-corrected chi connectivity index (χ3v) is 16.8. The van der Waals surface area contributed by atoms with Gasteiger partial charge in [0.05, 0.1) is 35.6 Å². The van der Waals surface area contributed by atoms with Crippen molar-refractivity contribution in [3.63, 3.8) is 0 Å². The highest BCUT2D eigenvalue weighted by Gasteiger charge is 2.54. The number of ether oxygens (including phenoxy) is 6. The first-order valence-electron chi connectivity index (χ1n) is 26.5. The monoisotopic (exact) mass is 1040 g/mol. The molecule has 3 aliphatic rings. The van der Waals surface area contributed by atoms with Crippen LogP contribution in [0.15, 0.2) is 55.2 Å². The van der Waals surface area contributed by atoms with Crippen LogP contribution in [-0.2, 0) is 46.7 Å². The largest absolute Gasteiger partial charge is 0.492 e. The van der Waals surface area contributed by atoms with Crippen molar-refractivity contribution in [1.82, 2.24) is 34.6 Å². The Hall–Kier alpha value is -3.89. The van der Waals surface area contributed by atoms with E-state index in [-0.39, 0.29) is 43.1 Å². The van der Waals surface area contributed by atoms with Crippen LogP contribution in [0.4, 0.5) is 4.39 Å². The molecule has 3 aliphatic heterocycles. The molecule has 0 aliphatic carbocycles. The maximum atomic E-state index is 14.9. The van der Waals surface area contributed by atoms with Crippen molar-refractivity contribution < 1.29 is 58.0 Å². The first-order valence-corrected chi connectivity index (χ1v) is 26.5. The quantitative estimate of drug-likeness (QED) is 0.132. The molecular weight excluding hydrogens is 954 g/mol. The maximum absolute atomic E-state index is 14.9. The molecule has 3 aromatic rings. The van der Waals surface area contributed by atoms with Crippen LogP contribution in [0.5, 0.6) is 0 Å². The number of nitrogens with zero attached hydrogens (tertiary/aromatic N) is 7. The van der Waals surface area contributed by atoms with E-state index < -0.39 is 102 Å². The Morgan fingerprint density at radius 1 is 0.986 bits per heavy atom. The number of carbonyl (C=O) groups excluding carboxylic acids is 1. The van der Waals surface area contributed by atoms with Crippen LogP contribution in [0.2, 0.25) is 0 Å². The smallest absolute Gasteiger partial charge is 0.309 e. The molecular formula is C55H88FN7O11. The topological polar surface area (TPSA) is 208 Å². The van der Waals surface area contributed by atoms with Crippen molar-refractivity contribution in [2.75, 3.05) is 48.1 Å². The molecule has 0 spiro atoms. The number of aromatic nitrogens is 5. The molecule has 6 rings (SSSR count). The molecule has 5 heterocycles. The highest BCUT2D eigenvalue weighted by Crippen LogP contribution is 2.45. The van der Waals surface area contributed by atoms with E-state index in [2.05, 4.69) is 26.9 Å². The normalized spacial score (nSPS) is 37.2. The van der Waals surface area contributed by atoms with Crippen LogP contribution in [0, 0.1) is 23.7 Å². The minimum absolute atomic E-state index is 0.00901. The lowest BCUT2D eigenvalue weighted by atomic mass is 9.68. The fourth-order valence-corrected chi connectivity index (χ4v) is 12.2. The molecule has 18 atom stereocenters. The van der Waals surface area contributed by atoms with E-state index in [9.17, 15) is 29.6 Å². The summed E-state index contributed by atoms with van der Waals surface area (Å²) in [6.07, 6.45) is 1.04. The van der Waals surface area contributed by atoms with Gasteiger partial charge in [-0.25, -0.2) is 9.07 Å². The minimum atomic E-state index is -1.81. The number of aliphatic hydroxyl groups excluding tert-OH is 2. The number of alkyl halides is 1. The molecule has 3 fully saturated rings. The summed E-state index contributed by atoms with van der Waals surface area (Å²) in [4.78, 5) is 18.8. The number of methoxy groups -OCH3 is 2. The molecule has 0 radical (unpaired) electrons. The molecule has 0 saturated carbocycles. The number of halogens is 1. The van der Waals surface area contributed by atoms with E-state index in [1.165, 1.54) is 14.0 Å². The molecule has 1 aromatic carbocycles. The zero-order chi connectivity index (χ0) is 54.6. The van der Waals surface area contributed by atoms with Crippen LogP contribution in [0.3, 0.4) is 0 Å². The fraction of sp³-hybridized carbons (Fsp3) is 0.745. The molecule has 0 bridgehead atoms. The predicted octanol–water partition coefficient (Wildman–Crippen LogP) is 5.83. The van der Waals surface area contributed by atoms with E-state index >= 15 is 0 Å². The lowest BCUT2D eigenvalue weighted by Gasteiger charge is -2.50. The van der Waals surface area contributed by atoms with E-state index in [4.69, 9.17) is 28.4 Å². The Kier molecular flexibility index (Phi) is 19.7. The van der Waals surface area contributed by atoms with Gasteiger partial charge in [-0.2, -0.15) is 5.10 Å². The van der Waals surface area contributed by atoms with Crippen LogP contribution >= 0.6 is 0 Å². The highest BCUT2D eigenvalue weighted by atomic mass is 19.1. The Morgan fingerprint density at radius 2 is 1.68 bits per heavy atom. The van der Waals surface area contributed by atoms with Crippen LogP contribution in [-0.4, -0.2) is 181 Å². The number of esters is 1. The molecule has 1 unspecified atom stereocenters. The number of rotatable bonds is 15. The summed E-state index contributed by atoms with van der Waals surface area (Å²) in [5.41, 5.74) is -0.976. The van der Waals surface area contributed by atoms with Gasteiger partial charge in [0.15, 0.2) is 6.29 Å². The van der Waals surface area contributed by atoms with Crippen molar-refractivity contribution in [3.05, 3.63) is 66.5 Å². The third kappa shape index (κ3) is 13.3. The molecule has 74 heavy (non-hydrogen) atoms. The van der Waals surface area contributed by atoms with Gasteiger partial charge in [0, 0.05) is 89.6 Å². The fourth-order valence-electron chi connectivity index (χ4n) is 12.2. The average Bonchev–Trinajstić information content (AvgIpc) is 4.02. The number of cyclic esters (lactones) is 1. The van der Waals surface area contributed by atoms with Crippen molar-refractivity contribution in [1.29, 1.82) is 0 Å². The second kappa shape index (κ2) is 24.6. The van der Waals surface area contributed by atoms with Gasteiger partial charge in [-0.15, -0.1) is 5.10 Å². The van der Waals surface area contributed by atoms with Crippen LogP contribution in [0.25, 0.3) is 11.1 Å². The van der Waals surface area contributed by atoms with Crippen LogP contribution < -0.4 is 0 Å². The lowest BCUT2D eigenvalue weighted by Crippen LogP contribution is -2.59. The Bertz CT molecular complexity index is 2280. The van der Waals surface area contributed by atoms with Crippen molar-refractivity contribution in [3.8, 4) is 11.1 Å². The van der Waals surface area contributed by atoms with Crippen molar-refractivity contribution in [2.24, 2.45) is 30.7 Å². The summed E-state index contributed by atoms with van der Waals surface area (Å²) in [5.74, 6) is -2.95. The Balaban J connectivity index is 1.24. The van der Waals surface area contributed by atoms with Gasteiger partial charge in [-0.05, 0) is 90.9 Å². The first-order chi connectivity index (χ1) is 34.8. The van der Waals surface area contributed by atoms with E-state index in [1.54, 1.807) is 56.6 Å². The predicted molar refractivity (Wildman–Crippen MR) is 277 cm³/mol. The van der Waals surface area contributed by atoms with Gasteiger partial charge in [0.25, 0.3) is 0 Å². The van der Waals surface area contributed by atoms with Gasteiger partial charge in [-0.1, -0.05) is 63.8 Å². The van der Waals surface area contributed by atoms with Crippen molar-refractivity contribution in [2.45, 2.75) is 185 Å². The van der Waals surface area contributed by atoms with Gasteiger partial charge in [-0.3, -0.25) is 9.48 Å². The molecule has 4 N–H and O–H groups in total. The Labute approximate surface area is 438 Å². The minimum Gasteiger partial charge on any atom is -0.492 e. The standard InChI is InChI=1S/C55H88FN7O11/c1-16-45-55(10,68)49(64)36(6)61(12)29-32(2)25-53(8,67)51(34(4)47(35(5)52(66)73-45)44-26-54(9,70-15)50(65)37(7)72-44)74-46-24-42(23-33(3)71-46)60(11)22-21-41-31-63(59-58-41)43(27-56)48(69-14)39-19-17-38(18-20-39)40-28-57-62(13)30-40/h17-20,28,30-36,42-51,64-65,67-68H,7,16,21-27,29H2,1-6,8-15H3/t32-,33-,34+,35-,36-,42+,43-,44?,45-,46+,47+,48-,49-,50+,51-,53-,54-,55-/m1/s1. The third-order valence-electron chi connectivity index (χ3n) is 16.8. The zero-order valence-electron chi connectivity index (χ0n) is 46.4. The molecule has 18 nitrogen and oxygen atoms in total. The number of hydrogen-bond acceptors (Lipinski definition) is 16. The number of aryl methyl sites for hydroxylation is 1. The maximum Gasteiger partial charge on any atom is 0.309 e. The Morgan fingerprint density at radius 3 is 2.28 bits per heavy atom. The van der Waals surface area contributed by atoms with Gasteiger partial charge in [0.2, 0.25) is 0 Å². The molecule has 3 saturated heterocycles. The summed E-state index contributed by atoms with van der Waals surface area (Å²) in [6, 6.07) is 6.52. The number of likely N-dealkylation sites (N-methyl/N-ethyl adjacent to an activating group) is 2. The average molecular weight is 1040 g/mol. The van der Waals surface area contributed by atoms with Crippen LogP contribution in [0.1, 0.15) is 118 Å². The first kappa shape index (κ1) is 59.4. The molecule has 19 heteroatoms. The second-order valence-corrected chi connectivity index (χ2v) is 22.7. The van der Waals surface area contributed by atoms with Crippen molar-refractivity contribution >= 4 is 5.97 Å². The molecule has 416 valence electrons. The summed E-state index contributed by atoms with van der Waals surface area (Å²) >= 11 is 0. The van der Waals surface area contributed by atoms with Gasteiger partial charge < -0.3 is 58.6 Å². The SMILES string of the molecule is C=C1OC([C@H]2[C@H](C)[C@@H](O[C@H]3C[C@@H](N(C)CCc4cn([C@H](CF)[C@H](OC)c5ccc(-c6cnn(C)c6)cc5)nn4)C[C@@H](C)O3)[C@](C)(O)C[C@@H](C)CN(C)[C@H](C)[C@@H](O)[C@](C)(O)[C@@H](CC)OC(=O)[C@@H]2C)C[C@@](C)(OC)[C@H]1O. The molecule has 0 amide bonds. The van der Waals surface area contributed by atoms with E-state index in [0.29, 0.717) is 38.0 Å². The highest BCUT2D eigenvalue weighted by molar-refractivity contribution is 5.73. The number of carbonyl (C=O) groups is 1. The summed E-state index contributed by atoms with van der Waals surface area (Å²) in [7, 11) is 8.85. The van der Waals surface area contributed by atoms with E-state index in [1.807, 2.05) is 84.2 Å². The second-order valence-electron chi connectivity index (χ2n) is 22.7. The zero-order valence-corrected chi connectivity index (χ0v) is 46.4. The van der Waals surface area contributed by atoms with E-state index in [0.717, 1.165) is 16.7 Å².